The lowest BCUT2D eigenvalue weighted by atomic mass is 9.85. The first-order chi connectivity index (χ1) is 6.33. The molecule has 0 unspecified atom stereocenters. The molecule has 0 aliphatic heterocycles. The summed E-state index contributed by atoms with van der Waals surface area (Å²) >= 11 is 0. The topological polar surface area (TPSA) is 46.5 Å². The van der Waals surface area contributed by atoms with Crippen LogP contribution in [-0.4, -0.2) is 30.5 Å². The lowest BCUT2D eigenvalue weighted by Gasteiger charge is -2.26. The highest BCUT2D eigenvalue weighted by molar-refractivity contribution is 5.76. The van der Waals surface area contributed by atoms with Gasteiger partial charge in [0.2, 0.25) is 0 Å². The SMILES string of the molecule is CO[C@@H]1CC[C@@](C(=O)O)(C(F)(F)F)C1. The van der Waals surface area contributed by atoms with Crippen LogP contribution in [0.5, 0.6) is 0 Å². The molecule has 0 spiro atoms. The first-order valence-corrected chi connectivity index (χ1v) is 4.16. The average Bonchev–Trinajstić information content (AvgIpc) is 2.47. The van der Waals surface area contributed by atoms with E-state index < -0.39 is 36.5 Å². The first-order valence-electron chi connectivity index (χ1n) is 4.16. The maximum absolute atomic E-state index is 12.5. The van der Waals surface area contributed by atoms with Crippen LogP contribution in [0.25, 0.3) is 0 Å². The molecule has 1 saturated carbocycles. The summed E-state index contributed by atoms with van der Waals surface area (Å²) in [5.74, 6) is -1.80. The van der Waals surface area contributed by atoms with E-state index in [4.69, 9.17) is 9.84 Å². The Bertz CT molecular complexity index is 238. The van der Waals surface area contributed by atoms with Gasteiger partial charge < -0.3 is 9.84 Å². The Balaban J connectivity index is 2.92. The Morgan fingerprint density at radius 3 is 2.36 bits per heavy atom. The summed E-state index contributed by atoms with van der Waals surface area (Å²) in [5.41, 5.74) is -2.60. The van der Waals surface area contributed by atoms with Crippen LogP contribution in [0.3, 0.4) is 0 Å². The van der Waals surface area contributed by atoms with E-state index in [2.05, 4.69) is 0 Å². The Morgan fingerprint density at radius 1 is 1.57 bits per heavy atom. The van der Waals surface area contributed by atoms with Gasteiger partial charge in [-0.1, -0.05) is 0 Å². The van der Waals surface area contributed by atoms with Gasteiger partial charge >= 0.3 is 12.1 Å². The second kappa shape index (κ2) is 3.42. The van der Waals surface area contributed by atoms with Crippen molar-refractivity contribution < 1.29 is 27.8 Å². The minimum absolute atomic E-state index is 0.141. The van der Waals surface area contributed by atoms with Crippen molar-refractivity contribution in [1.29, 1.82) is 0 Å². The molecule has 82 valence electrons. The molecule has 1 aliphatic carbocycles. The molecule has 0 saturated heterocycles. The quantitative estimate of drug-likeness (QED) is 0.759. The summed E-state index contributed by atoms with van der Waals surface area (Å²) in [6.45, 7) is 0. The predicted octanol–water partition coefficient (Wildman–Crippen LogP) is 1.82. The van der Waals surface area contributed by atoms with Gasteiger partial charge in [0.05, 0.1) is 6.10 Å². The fourth-order valence-corrected chi connectivity index (χ4v) is 1.77. The molecular formula is C8H11F3O3. The summed E-state index contributed by atoms with van der Waals surface area (Å²) in [4.78, 5) is 10.7. The highest BCUT2D eigenvalue weighted by Crippen LogP contribution is 2.51. The maximum atomic E-state index is 12.5. The van der Waals surface area contributed by atoms with E-state index >= 15 is 0 Å². The number of halogens is 3. The van der Waals surface area contributed by atoms with E-state index in [1.807, 2.05) is 0 Å². The number of aliphatic carboxylic acids is 1. The van der Waals surface area contributed by atoms with Crippen molar-refractivity contribution in [2.24, 2.45) is 5.41 Å². The van der Waals surface area contributed by atoms with Crippen LogP contribution < -0.4 is 0 Å². The van der Waals surface area contributed by atoms with Gasteiger partial charge in [-0.2, -0.15) is 13.2 Å². The second-order valence-electron chi connectivity index (χ2n) is 3.49. The van der Waals surface area contributed by atoms with E-state index in [-0.39, 0.29) is 6.42 Å². The molecule has 14 heavy (non-hydrogen) atoms. The Morgan fingerprint density at radius 2 is 2.14 bits per heavy atom. The number of carboxylic acid groups (broad SMARTS) is 1. The van der Waals surface area contributed by atoms with Crippen LogP contribution >= 0.6 is 0 Å². The zero-order chi connectivity index (χ0) is 11.0. The number of ether oxygens (including phenoxy) is 1. The number of methoxy groups -OCH3 is 1. The minimum atomic E-state index is -4.70. The smallest absolute Gasteiger partial charge is 0.405 e. The molecule has 0 radical (unpaired) electrons. The van der Waals surface area contributed by atoms with Crippen LogP contribution in [0, 0.1) is 5.41 Å². The van der Waals surface area contributed by atoms with Gasteiger partial charge in [0.25, 0.3) is 0 Å². The minimum Gasteiger partial charge on any atom is -0.481 e. The highest BCUT2D eigenvalue weighted by atomic mass is 19.4. The summed E-state index contributed by atoms with van der Waals surface area (Å²) in [6.07, 6.45) is -6.05. The number of alkyl halides is 3. The van der Waals surface area contributed by atoms with Gasteiger partial charge in [0.1, 0.15) is 0 Å². The fourth-order valence-electron chi connectivity index (χ4n) is 1.77. The standard InChI is InChI=1S/C8H11F3O3/c1-14-5-2-3-7(4-5,6(12)13)8(9,10)11/h5H,2-4H2,1H3,(H,12,13)/t5-,7-/m1/s1. The molecular weight excluding hydrogens is 201 g/mol. The molecule has 6 heteroatoms. The average molecular weight is 212 g/mol. The molecule has 0 aromatic heterocycles. The van der Waals surface area contributed by atoms with Crippen LogP contribution in [0.4, 0.5) is 13.2 Å². The zero-order valence-electron chi connectivity index (χ0n) is 7.60. The van der Waals surface area contributed by atoms with Crippen LogP contribution in [0.2, 0.25) is 0 Å². The van der Waals surface area contributed by atoms with Crippen molar-refractivity contribution in [3.8, 4) is 0 Å². The van der Waals surface area contributed by atoms with E-state index in [9.17, 15) is 18.0 Å². The largest absolute Gasteiger partial charge is 0.481 e. The van der Waals surface area contributed by atoms with E-state index in [0.29, 0.717) is 0 Å². The number of hydrogen-bond acceptors (Lipinski definition) is 2. The van der Waals surface area contributed by atoms with Gasteiger partial charge in [-0.25, -0.2) is 0 Å². The third kappa shape index (κ3) is 1.58. The molecule has 1 fully saturated rings. The third-order valence-corrected chi connectivity index (χ3v) is 2.75. The summed E-state index contributed by atoms with van der Waals surface area (Å²) in [7, 11) is 1.29. The maximum Gasteiger partial charge on any atom is 0.405 e. The highest BCUT2D eigenvalue weighted by Gasteiger charge is 2.63. The number of carboxylic acids is 1. The summed E-state index contributed by atoms with van der Waals surface area (Å²) in [5, 5.41) is 8.64. The van der Waals surface area contributed by atoms with Crippen molar-refractivity contribution in [3.05, 3.63) is 0 Å². The molecule has 1 rings (SSSR count). The molecule has 0 aromatic carbocycles. The number of carbonyl (C=O) groups is 1. The van der Waals surface area contributed by atoms with Crippen molar-refractivity contribution in [3.63, 3.8) is 0 Å². The van der Waals surface area contributed by atoms with E-state index in [1.165, 1.54) is 7.11 Å². The van der Waals surface area contributed by atoms with Gasteiger partial charge in [-0.3, -0.25) is 4.79 Å². The van der Waals surface area contributed by atoms with Gasteiger partial charge in [-0.15, -0.1) is 0 Å². The summed E-state index contributed by atoms with van der Waals surface area (Å²) in [6, 6.07) is 0. The third-order valence-electron chi connectivity index (χ3n) is 2.75. The summed E-state index contributed by atoms with van der Waals surface area (Å²) < 4.78 is 42.4. The lowest BCUT2D eigenvalue weighted by Crippen LogP contribution is -2.43. The molecule has 1 N–H and O–H groups in total. The van der Waals surface area contributed by atoms with Crippen molar-refractivity contribution in [2.75, 3.05) is 7.11 Å². The molecule has 3 nitrogen and oxygen atoms in total. The van der Waals surface area contributed by atoms with Crippen molar-refractivity contribution in [2.45, 2.75) is 31.5 Å². The van der Waals surface area contributed by atoms with Gasteiger partial charge in [0.15, 0.2) is 5.41 Å². The van der Waals surface area contributed by atoms with Gasteiger partial charge in [0, 0.05) is 7.11 Å². The monoisotopic (exact) mass is 212 g/mol. The molecule has 0 amide bonds. The van der Waals surface area contributed by atoms with Crippen LogP contribution in [0.1, 0.15) is 19.3 Å². The molecule has 0 aromatic rings. The molecule has 0 heterocycles. The van der Waals surface area contributed by atoms with E-state index in [1.54, 1.807) is 0 Å². The normalized spacial score (nSPS) is 33.3. The van der Waals surface area contributed by atoms with Crippen LogP contribution in [0.15, 0.2) is 0 Å². The molecule has 1 aliphatic rings. The fraction of sp³-hybridized carbons (Fsp3) is 0.875. The zero-order valence-corrected chi connectivity index (χ0v) is 7.60. The van der Waals surface area contributed by atoms with Crippen molar-refractivity contribution >= 4 is 5.97 Å². The first kappa shape index (κ1) is 11.3. The predicted molar refractivity (Wildman–Crippen MR) is 40.8 cm³/mol. The second-order valence-corrected chi connectivity index (χ2v) is 3.49. The van der Waals surface area contributed by atoms with E-state index in [0.717, 1.165) is 0 Å². The Labute approximate surface area is 78.9 Å². The lowest BCUT2D eigenvalue weighted by molar-refractivity contribution is -0.231. The van der Waals surface area contributed by atoms with Gasteiger partial charge in [-0.05, 0) is 19.3 Å². The van der Waals surface area contributed by atoms with Crippen LogP contribution in [-0.2, 0) is 9.53 Å². The molecule has 2 atom stereocenters. The Hall–Kier alpha value is -0.780. The Kier molecular flexibility index (Phi) is 2.76. The number of rotatable bonds is 2. The molecule has 0 bridgehead atoms. The number of hydrogen-bond donors (Lipinski definition) is 1. The van der Waals surface area contributed by atoms with Crippen molar-refractivity contribution in [1.82, 2.24) is 0 Å².